The molecule has 6 nitrogen and oxygen atoms in total. The van der Waals surface area contributed by atoms with E-state index in [2.05, 4.69) is 20.6 Å². The minimum atomic E-state index is -0.222. The molecular formula is C21H21ClN4O2. The molecule has 3 rings (SSSR count). The largest absolute Gasteiger partial charge is 0.496 e. The number of para-hydroxylation sites is 1. The number of nitrogens with one attached hydrogen (secondary N) is 2. The summed E-state index contributed by atoms with van der Waals surface area (Å²) in [6.07, 6.45) is 3.65. The standard InChI is InChI=1S/C21H21ClN4O2/c1-14-7-8-17(11-18(14)22)26-21-24-12-16(13-25-21)20(27)23-10-9-15-5-3-4-6-19(15)28-2/h3-8,11-13H,9-10H2,1-2H3,(H,23,27)(H,24,25,26). The molecule has 2 N–H and O–H groups in total. The smallest absolute Gasteiger partial charge is 0.254 e. The van der Waals surface area contributed by atoms with Crippen LogP contribution in [0.2, 0.25) is 5.02 Å². The maximum absolute atomic E-state index is 12.3. The van der Waals surface area contributed by atoms with Gasteiger partial charge in [-0.05, 0) is 42.7 Å². The zero-order valence-corrected chi connectivity index (χ0v) is 16.5. The Balaban J connectivity index is 1.55. The average molecular weight is 397 g/mol. The van der Waals surface area contributed by atoms with E-state index in [1.807, 2.05) is 43.3 Å². The summed E-state index contributed by atoms with van der Waals surface area (Å²) in [6, 6.07) is 13.3. The molecule has 1 heterocycles. The molecule has 0 aliphatic carbocycles. The number of anilines is 2. The number of carbonyl (C=O) groups excluding carboxylic acids is 1. The number of aromatic nitrogens is 2. The summed E-state index contributed by atoms with van der Waals surface area (Å²) in [5.41, 5.74) is 3.21. The van der Waals surface area contributed by atoms with Crippen LogP contribution >= 0.6 is 11.6 Å². The van der Waals surface area contributed by atoms with Crippen LogP contribution < -0.4 is 15.4 Å². The minimum absolute atomic E-state index is 0.222. The van der Waals surface area contributed by atoms with Crippen molar-refractivity contribution in [1.29, 1.82) is 0 Å². The fourth-order valence-corrected chi connectivity index (χ4v) is 2.81. The lowest BCUT2D eigenvalue weighted by Gasteiger charge is -2.09. The molecule has 0 aliphatic rings. The van der Waals surface area contributed by atoms with E-state index in [-0.39, 0.29) is 5.91 Å². The van der Waals surface area contributed by atoms with Gasteiger partial charge in [-0.1, -0.05) is 35.9 Å². The number of nitrogens with zero attached hydrogens (tertiary/aromatic N) is 2. The molecule has 0 spiro atoms. The second-order valence-electron chi connectivity index (χ2n) is 6.20. The van der Waals surface area contributed by atoms with Crippen LogP contribution in [0.1, 0.15) is 21.5 Å². The Kier molecular flexibility index (Phi) is 6.45. The zero-order chi connectivity index (χ0) is 19.9. The SMILES string of the molecule is COc1ccccc1CCNC(=O)c1cnc(Nc2ccc(C)c(Cl)c2)nc1. The third kappa shape index (κ3) is 4.98. The van der Waals surface area contributed by atoms with Gasteiger partial charge in [0.15, 0.2) is 0 Å². The van der Waals surface area contributed by atoms with E-state index in [1.165, 1.54) is 12.4 Å². The Morgan fingerprint density at radius 2 is 1.89 bits per heavy atom. The summed E-state index contributed by atoms with van der Waals surface area (Å²) < 4.78 is 5.32. The van der Waals surface area contributed by atoms with Crippen molar-refractivity contribution in [3.05, 3.63) is 76.6 Å². The molecule has 7 heteroatoms. The van der Waals surface area contributed by atoms with Crippen LogP contribution in [0.5, 0.6) is 5.75 Å². The molecular weight excluding hydrogens is 376 g/mol. The van der Waals surface area contributed by atoms with E-state index < -0.39 is 0 Å². The number of hydrogen-bond acceptors (Lipinski definition) is 5. The van der Waals surface area contributed by atoms with Crippen molar-refractivity contribution in [3.8, 4) is 5.75 Å². The first-order valence-corrected chi connectivity index (χ1v) is 9.20. The van der Waals surface area contributed by atoms with E-state index in [0.717, 1.165) is 22.6 Å². The van der Waals surface area contributed by atoms with Crippen LogP contribution in [0.15, 0.2) is 54.9 Å². The molecule has 0 saturated carbocycles. The quantitative estimate of drug-likeness (QED) is 0.627. The lowest BCUT2D eigenvalue weighted by Crippen LogP contribution is -2.26. The second kappa shape index (κ2) is 9.19. The van der Waals surface area contributed by atoms with E-state index in [9.17, 15) is 4.79 Å². The highest BCUT2D eigenvalue weighted by Gasteiger charge is 2.08. The number of aryl methyl sites for hydroxylation is 1. The fraction of sp³-hybridized carbons (Fsp3) is 0.190. The Morgan fingerprint density at radius 1 is 1.14 bits per heavy atom. The topological polar surface area (TPSA) is 76.1 Å². The van der Waals surface area contributed by atoms with Crippen molar-refractivity contribution in [2.24, 2.45) is 0 Å². The van der Waals surface area contributed by atoms with Crippen molar-refractivity contribution in [3.63, 3.8) is 0 Å². The lowest BCUT2D eigenvalue weighted by molar-refractivity contribution is 0.0953. The maximum atomic E-state index is 12.3. The molecule has 0 atom stereocenters. The van der Waals surface area contributed by atoms with Crippen LogP contribution in [-0.2, 0) is 6.42 Å². The lowest BCUT2D eigenvalue weighted by atomic mass is 10.1. The second-order valence-corrected chi connectivity index (χ2v) is 6.61. The summed E-state index contributed by atoms with van der Waals surface area (Å²) in [5.74, 6) is 0.983. The molecule has 0 saturated heterocycles. The molecule has 1 aromatic heterocycles. The van der Waals surface area contributed by atoms with E-state index in [4.69, 9.17) is 16.3 Å². The first-order valence-electron chi connectivity index (χ1n) is 8.82. The molecule has 28 heavy (non-hydrogen) atoms. The number of halogens is 1. The third-order valence-corrected chi connectivity index (χ3v) is 4.62. The third-order valence-electron chi connectivity index (χ3n) is 4.21. The number of methoxy groups -OCH3 is 1. The number of hydrogen-bond donors (Lipinski definition) is 2. The normalized spacial score (nSPS) is 10.4. The summed E-state index contributed by atoms with van der Waals surface area (Å²) in [7, 11) is 1.63. The molecule has 0 bridgehead atoms. The van der Waals surface area contributed by atoms with Gasteiger partial charge < -0.3 is 15.4 Å². The van der Waals surface area contributed by atoms with Gasteiger partial charge in [0, 0.05) is 29.6 Å². The zero-order valence-electron chi connectivity index (χ0n) is 15.7. The monoisotopic (exact) mass is 396 g/mol. The molecule has 0 aliphatic heterocycles. The van der Waals surface area contributed by atoms with Gasteiger partial charge in [0.25, 0.3) is 5.91 Å². The van der Waals surface area contributed by atoms with Crippen molar-refractivity contribution in [2.75, 3.05) is 19.0 Å². The molecule has 0 fully saturated rings. The molecule has 0 unspecified atom stereocenters. The van der Waals surface area contributed by atoms with Crippen molar-refractivity contribution >= 4 is 29.1 Å². The van der Waals surface area contributed by atoms with Gasteiger partial charge in [0.2, 0.25) is 5.95 Å². The van der Waals surface area contributed by atoms with Gasteiger partial charge in [0.1, 0.15) is 5.75 Å². The number of carbonyl (C=O) groups is 1. The Labute approximate surface area is 168 Å². The summed E-state index contributed by atoms with van der Waals surface area (Å²) >= 11 is 6.12. The number of benzene rings is 2. The molecule has 2 aromatic carbocycles. The highest BCUT2D eigenvalue weighted by Crippen LogP contribution is 2.21. The van der Waals surface area contributed by atoms with Gasteiger partial charge in [-0.2, -0.15) is 0 Å². The van der Waals surface area contributed by atoms with Crippen LogP contribution in [0.25, 0.3) is 0 Å². The van der Waals surface area contributed by atoms with Crippen molar-refractivity contribution in [2.45, 2.75) is 13.3 Å². The van der Waals surface area contributed by atoms with Gasteiger partial charge in [-0.25, -0.2) is 9.97 Å². The maximum Gasteiger partial charge on any atom is 0.254 e. The Bertz CT molecular complexity index is 961. The van der Waals surface area contributed by atoms with Crippen LogP contribution in [0, 0.1) is 6.92 Å². The first kappa shape index (κ1) is 19.6. The van der Waals surface area contributed by atoms with Crippen molar-refractivity contribution in [1.82, 2.24) is 15.3 Å². The van der Waals surface area contributed by atoms with E-state index in [1.54, 1.807) is 13.2 Å². The summed E-state index contributed by atoms with van der Waals surface area (Å²) in [5, 5.41) is 6.60. The minimum Gasteiger partial charge on any atom is -0.496 e. The van der Waals surface area contributed by atoms with Crippen LogP contribution in [0.4, 0.5) is 11.6 Å². The summed E-state index contributed by atoms with van der Waals surface area (Å²) in [6.45, 7) is 2.42. The Morgan fingerprint density at radius 3 is 2.61 bits per heavy atom. The predicted molar refractivity (Wildman–Crippen MR) is 111 cm³/mol. The van der Waals surface area contributed by atoms with E-state index in [0.29, 0.717) is 29.5 Å². The fourth-order valence-electron chi connectivity index (χ4n) is 2.63. The van der Waals surface area contributed by atoms with Gasteiger partial charge >= 0.3 is 0 Å². The van der Waals surface area contributed by atoms with Gasteiger partial charge in [-0.3, -0.25) is 4.79 Å². The summed E-state index contributed by atoms with van der Waals surface area (Å²) in [4.78, 5) is 20.7. The van der Waals surface area contributed by atoms with Crippen LogP contribution in [0.3, 0.4) is 0 Å². The Hall–Kier alpha value is -3.12. The highest BCUT2D eigenvalue weighted by atomic mass is 35.5. The number of rotatable bonds is 7. The average Bonchev–Trinajstić information content (AvgIpc) is 2.71. The molecule has 1 amide bonds. The van der Waals surface area contributed by atoms with Crippen molar-refractivity contribution < 1.29 is 9.53 Å². The predicted octanol–water partition coefficient (Wildman–Crippen LogP) is 4.16. The van der Waals surface area contributed by atoms with Crippen LogP contribution in [-0.4, -0.2) is 29.5 Å². The number of ether oxygens (including phenoxy) is 1. The molecule has 3 aromatic rings. The van der Waals surface area contributed by atoms with E-state index >= 15 is 0 Å². The first-order chi connectivity index (χ1) is 13.6. The number of amides is 1. The molecule has 0 radical (unpaired) electrons. The molecule has 144 valence electrons. The highest BCUT2D eigenvalue weighted by molar-refractivity contribution is 6.31. The van der Waals surface area contributed by atoms with Gasteiger partial charge in [0.05, 0.1) is 12.7 Å². The van der Waals surface area contributed by atoms with Gasteiger partial charge in [-0.15, -0.1) is 0 Å².